The highest BCUT2D eigenvalue weighted by Gasteiger charge is 2.44. The lowest BCUT2D eigenvalue weighted by molar-refractivity contribution is 0.0914. The number of rotatable bonds is 7. The van der Waals surface area contributed by atoms with E-state index in [2.05, 4.69) is 5.32 Å². The normalized spacial score (nSPS) is 18.4. The lowest BCUT2D eigenvalue weighted by Crippen LogP contribution is -2.53. The number of aliphatic hydroxyl groups excluding tert-OH is 2. The molecule has 3 N–H and O–H groups in total. The van der Waals surface area contributed by atoms with Gasteiger partial charge in [-0.1, -0.05) is 12.1 Å². The van der Waals surface area contributed by atoms with Crippen molar-refractivity contribution in [3.8, 4) is 5.75 Å². The minimum Gasteiger partial charge on any atom is -0.492 e. The SMILES string of the molecule is CNC(CO)(COc1cccc(CO)c1)C1CC1. The zero-order valence-corrected chi connectivity index (χ0v) is 10.7. The number of benzene rings is 1. The summed E-state index contributed by atoms with van der Waals surface area (Å²) in [6.07, 6.45) is 2.28. The van der Waals surface area contributed by atoms with Crippen molar-refractivity contribution in [1.29, 1.82) is 0 Å². The Morgan fingerprint density at radius 1 is 1.39 bits per heavy atom. The van der Waals surface area contributed by atoms with Crippen LogP contribution in [0.1, 0.15) is 18.4 Å². The number of aliphatic hydroxyl groups is 2. The van der Waals surface area contributed by atoms with Crippen LogP contribution in [0, 0.1) is 5.92 Å². The van der Waals surface area contributed by atoms with E-state index in [4.69, 9.17) is 9.84 Å². The van der Waals surface area contributed by atoms with E-state index >= 15 is 0 Å². The maximum absolute atomic E-state index is 9.58. The van der Waals surface area contributed by atoms with Crippen LogP contribution in [0.4, 0.5) is 0 Å². The summed E-state index contributed by atoms with van der Waals surface area (Å²) in [6.45, 7) is 0.532. The fourth-order valence-corrected chi connectivity index (χ4v) is 2.23. The van der Waals surface area contributed by atoms with Gasteiger partial charge in [0.25, 0.3) is 0 Å². The first-order valence-corrected chi connectivity index (χ1v) is 6.36. The third-order valence-corrected chi connectivity index (χ3v) is 3.72. The van der Waals surface area contributed by atoms with Gasteiger partial charge in [0.1, 0.15) is 12.4 Å². The first-order valence-electron chi connectivity index (χ1n) is 6.36. The van der Waals surface area contributed by atoms with E-state index in [0.29, 0.717) is 12.5 Å². The zero-order valence-electron chi connectivity index (χ0n) is 10.7. The van der Waals surface area contributed by atoms with Crippen molar-refractivity contribution in [2.24, 2.45) is 5.92 Å². The third-order valence-electron chi connectivity index (χ3n) is 3.72. The molecule has 2 rings (SSSR count). The van der Waals surface area contributed by atoms with E-state index in [1.807, 2.05) is 31.3 Å². The molecule has 0 aliphatic heterocycles. The van der Waals surface area contributed by atoms with Gasteiger partial charge in [0.05, 0.1) is 18.8 Å². The second kappa shape index (κ2) is 5.69. The zero-order chi connectivity index (χ0) is 13.0. The van der Waals surface area contributed by atoms with Crippen LogP contribution < -0.4 is 10.1 Å². The molecule has 1 unspecified atom stereocenters. The van der Waals surface area contributed by atoms with Crippen molar-refractivity contribution in [3.63, 3.8) is 0 Å². The minimum absolute atomic E-state index is 0.0109. The molecule has 0 amide bonds. The molecule has 18 heavy (non-hydrogen) atoms. The molecule has 0 radical (unpaired) electrons. The van der Waals surface area contributed by atoms with Crippen LogP contribution in [0.3, 0.4) is 0 Å². The molecule has 1 aliphatic rings. The van der Waals surface area contributed by atoms with Crippen molar-refractivity contribution in [2.75, 3.05) is 20.3 Å². The molecular formula is C14H21NO3. The van der Waals surface area contributed by atoms with Gasteiger partial charge in [0.15, 0.2) is 0 Å². The van der Waals surface area contributed by atoms with Crippen molar-refractivity contribution in [1.82, 2.24) is 5.32 Å². The van der Waals surface area contributed by atoms with Gasteiger partial charge < -0.3 is 20.3 Å². The summed E-state index contributed by atoms with van der Waals surface area (Å²) in [5.74, 6) is 1.23. The molecule has 0 aromatic heterocycles. The van der Waals surface area contributed by atoms with Gasteiger partial charge in [0, 0.05) is 0 Å². The molecule has 0 saturated heterocycles. The molecule has 4 heteroatoms. The first-order chi connectivity index (χ1) is 8.74. The fourth-order valence-electron chi connectivity index (χ4n) is 2.23. The van der Waals surface area contributed by atoms with E-state index < -0.39 is 0 Å². The molecule has 0 spiro atoms. The van der Waals surface area contributed by atoms with Gasteiger partial charge in [-0.05, 0) is 43.5 Å². The van der Waals surface area contributed by atoms with Crippen LogP contribution in [0.15, 0.2) is 24.3 Å². The fraction of sp³-hybridized carbons (Fsp3) is 0.571. The summed E-state index contributed by atoms with van der Waals surface area (Å²) >= 11 is 0. The van der Waals surface area contributed by atoms with Gasteiger partial charge in [-0.2, -0.15) is 0 Å². The molecular weight excluding hydrogens is 230 g/mol. The Hall–Kier alpha value is -1.10. The van der Waals surface area contributed by atoms with Crippen molar-refractivity contribution >= 4 is 0 Å². The lowest BCUT2D eigenvalue weighted by atomic mass is 9.95. The predicted molar refractivity (Wildman–Crippen MR) is 69.5 cm³/mol. The smallest absolute Gasteiger partial charge is 0.119 e. The minimum atomic E-state index is -0.338. The molecule has 0 bridgehead atoms. The number of ether oxygens (including phenoxy) is 1. The van der Waals surface area contributed by atoms with Crippen LogP contribution >= 0.6 is 0 Å². The monoisotopic (exact) mass is 251 g/mol. The third kappa shape index (κ3) is 2.83. The van der Waals surface area contributed by atoms with Gasteiger partial charge in [0.2, 0.25) is 0 Å². The maximum Gasteiger partial charge on any atom is 0.119 e. The molecule has 1 aromatic rings. The quantitative estimate of drug-likeness (QED) is 0.674. The number of nitrogens with one attached hydrogen (secondary N) is 1. The largest absolute Gasteiger partial charge is 0.492 e. The molecule has 1 atom stereocenters. The average Bonchev–Trinajstić information content (AvgIpc) is 3.26. The van der Waals surface area contributed by atoms with E-state index in [1.165, 1.54) is 0 Å². The van der Waals surface area contributed by atoms with Crippen LogP contribution in [-0.4, -0.2) is 36.0 Å². The Bertz CT molecular complexity index is 386. The Kier molecular flexibility index (Phi) is 4.22. The van der Waals surface area contributed by atoms with E-state index in [0.717, 1.165) is 24.2 Å². The molecule has 1 fully saturated rings. The summed E-state index contributed by atoms with van der Waals surface area (Å²) in [6, 6.07) is 7.40. The Morgan fingerprint density at radius 2 is 2.17 bits per heavy atom. The predicted octanol–water partition coefficient (Wildman–Crippen LogP) is 0.918. The topological polar surface area (TPSA) is 61.7 Å². The lowest BCUT2D eigenvalue weighted by Gasteiger charge is -2.31. The molecule has 4 nitrogen and oxygen atoms in total. The standard InChI is InChI=1S/C14H21NO3/c1-15-14(9-17,12-5-6-12)10-18-13-4-2-3-11(7-13)8-16/h2-4,7,12,15-17H,5-6,8-10H2,1H3. The second-order valence-electron chi connectivity index (χ2n) is 4.93. The summed E-state index contributed by atoms with van der Waals surface area (Å²) < 4.78 is 5.76. The summed E-state index contributed by atoms with van der Waals surface area (Å²) in [5.41, 5.74) is 0.493. The van der Waals surface area contributed by atoms with Crippen molar-refractivity contribution in [3.05, 3.63) is 29.8 Å². The van der Waals surface area contributed by atoms with Crippen LogP contribution in [0.25, 0.3) is 0 Å². The number of hydrogen-bond donors (Lipinski definition) is 3. The van der Waals surface area contributed by atoms with Crippen LogP contribution in [-0.2, 0) is 6.61 Å². The van der Waals surface area contributed by atoms with E-state index in [1.54, 1.807) is 0 Å². The number of likely N-dealkylation sites (N-methyl/N-ethyl adjacent to an activating group) is 1. The highest BCUT2D eigenvalue weighted by Crippen LogP contribution is 2.39. The van der Waals surface area contributed by atoms with Gasteiger partial charge in [-0.15, -0.1) is 0 Å². The van der Waals surface area contributed by atoms with Crippen LogP contribution in [0.5, 0.6) is 5.75 Å². The molecule has 100 valence electrons. The van der Waals surface area contributed by atoms with Gasteiger partial charge >= 0.3 is 0 Å². The summed E-state index contributed by atoms with van der Waals surface area (Å²) in [4.78, 5) is 0. The van der Waals surface area contributed by atoms with Gasteiger partial charge in [-0.25, -0.2) is 0 Å². The number of hydrogen-bond acceptors (Lipinski definition) is 4. The molecule has 1 aromatic carbocycles. The first kappa shape index (κ1) is 13.3. The Morgan fingerprint density at radius 3 is 2.72 bits per heavy atom. The summed E-state index contributed by atoms with van der Waals surface area (Å²) in [7, 11) is 1.86. The van der Waals surface area contributed by atoms with Gasteiger partial charge in [-0.3, -0.25) is 0 Å². The molecule has 1 saturated carbocycles. The van der Waals surface area contributed by atoms with Crippen molar-refractivity contribution in [2.45, 2.75) is 25.0 Å². The second-order valence-corrected chi connectivity index (χ2v) is 4.93. The highest BCUT2D eigenvalue weighted by molar-refractivity contribution is 5.28. The van der Waals surface area contributed by atoms with E-state index in [-0.39, 0.29) is 18.8 Å². The molecule has 0 heterocycles. The Labute approximate surface area is 108 Å². The Balaban J connectivity index is 2.00. The van der Waals surface area contributed by atoms with Crippen LogP contribution in [0.2, 0.25) is 0 Å². The van der Waals surface area contributed by atoms with Crippen molar-refractivity contribution < 1.29 is 14.9 Å². The maximum atomic E-state index is 9.58. The van der Waals surface area contributed by atoms with E-state index in [9.17, 15) is 5.11 Å². The average molecular weight is 251 g/mol. The summed E-state index contributed by atoms with van der Waals surface area (Å²) in [5, 5.41) is 21.9. The molecule has 1 aliphatic carbocycles. The highest BCUT2D eigenvalue weighted by atomic mass is 16.5.